The topological polar surface area (TPSA) is 35.6 Å². The molecule has 1 unspecified atom stereocenters. The van der Waals surface area contributed by atoms with Crippen LogP contribution in [0.3, 0.4) is 0 Å². The number of hydrogen-bond donors (Lipinski definition) is 1. The molecule has 2 fully saturated rings. The van der Waals surface area contributed by atoms with E-state index in [-0.39, 0.29) is 24.8 Å². The molecule has 2 aliphatic rings. The van der Waals surface area contributed by atoms with E-state index in [0.29, 0.717) is 11.9 Å². The second-order valence-corrected chi connectivity index (χ2v) is 5.15. The largest absolute Gasteiger partial charge is 0.340 e. The monoisotopic (exact) mass is 311 g/mol. The average Bonchev–Trinajstić information content (AvgIpc) is 2.89. The van der Waals surface area contributed by atoms with Crippen LogP contribution in [-0.4, -0.2) is 61.0 Å². The highest BCUT2D eigenvalue weighted by Crippen LogP contribution is 2.12. The lowest BCUT2D eigenvalue weighted by Crippen LogP contribution is -2.48. The number of likely N-dealkylation sites (N-methyl/N-ethyl adjacent to an activating group) is 1. The summed E-state index contributed by atoms with van der Waals surface area (Å²) in [4.78, 5) is 16.5. The zero-order valence-electron chi connectivity index (χ0n) is 11.8. The van der Waals surface area contributed by atoms with Crippen molar-refractivity contribution < 1.29 is 4.79 Å². The maximum Gasteiger partial charge on any atom is 0.222 e. The minimum absolute atomic E-state index is 0. The van der Waals surface area contributed by atoms with Gasteiger partial charge in [0.15, 0.2) is 0 Å². The van der Waals surface area contributed by atoms with E-state index in [1.807, 2.05) is 4.90 Å². The van der Waals surface area contributed by atoms with Crippen molar-refractivity contribution in [3.8, 4) is 0 Å². The molecule has 0 aliphatic carbocycles. The Bertz CT molecular complexity index is 252. The number of rotatable bonds is 4. The Kier molecular flexibility index (Phi) is 9.79. The predicted molar refractivity (Wildman–Crippen MR) is 83.4 cm³/mol. The number of halogens is 2. The van der Waals surface area contributed by atoms with Crippen LogP contribution in [-0.2, 0) is 4.79 Å². The summed E-state index contributed by atoms with van der Waals surface area (Å²) < 4.78 is 0. The lowest BCUT2D eigenvalue weighted by Gasteiger charge is -2.34. The standard InChI is InChI=1S/C13H25N3O.2ClH/c1-2-15-8-10-16(11-9-15)13(17)6-5-12-4-3-7-14-12;;/h12,14H,2-11H2,1H3;2*1H. The molecule has 2 saturated heterocycles. The first-order chi connectivity index (χ1) is 8.29. The number of hydrogen-bond acceptors (Lipinski definition) is 3. The fourth-order valence-electron chi connectivity index (χ4n) is 2.77. The predicted octanol–water partition coefficient (Wildman–Crippen LogP) is 1.53. The summed E-state index contributed by atoms with van der Waals surface area (Å²) in [7, 11) is 0. The van der Waals surface area contributed by atoms with E-state index in [0.717, 1.165) is 52.1 Å². The summed E-state index contributed by atoms with van der Waals surface area (Å²) in [6, 6.07) is 0.593. The lowest BCUT2D eigenvalue weighted by atomic mass is 10.1. The first-order valence-electron chi connectivity index (χ1n) is 7.03. The minimum atomic E-state index is 0. The summed E-state index contributed by atoms with van der Waals surface area (Å²) >= 11 is 0. The molecule has 0 radical (unpaired) electrons. The maximum absolute atomic E-state index is 12.0. The van der Waals surface area contributed by atoms with Gasteiger partial charge in [0.05, 0.1) is 0 Å². The lowest BCUT2D eigenvalue weighted by molar-refractivity contribution is -0.133. The van der Waals surface area contributed by atoms with Crippen LogP contribution in [0.1, 0.15) is 32.6 Å². The van der Waals surface area contributed by atoms with Crippen molar-refractivity contribution in [2.75, 3.05) is 39.3 Å². The van der Waals surface area contributed by atoms with Gasteiger partial charge in [-0.25, -0.2) is 0 Å². The highest BCUT2D eigenvalue weighted by Gasteiger charge is 2.21. The van der Waals surface area contributed by atoms with Crippen molar-refractivity contribution in [2.45, 2.75) is 38.6 Å². The van der Waals surface area contributed by atoms with Gasteiger partial charge in [-0.05, 0) is 32.4 Å². The molecule has 0 aromatic rings. The van der Waals surface area contributed by atoms with Gasteiger partial charge in [-0.3, -0.25) is 4.79 Å². The first-order valence-corrected chi connectivity index (χ1v) is 7.03. The second kappa shape index (κ2) is 9.81. The molecular formula is C13H27Cl2N3O. The first kappa shape index (κ1) is 19.0. The Morgan fingerprint density at radius 1 is 1.21 bits per heavy atom. The molecule has 0 spiro atoms. The van der Waals surface area contributed by atoms with Crippen LogP contribution in [0.15, 0.2) is 0 Å². The van der Waals surface area contributed by atoms with Gasteiger partial charge < -0.3 is 15.1 Å². The van der Waals surface area contributed by atoms with Crippen LogP contribution in [0.5, 0.6) is 0 Å². The van der Waals surface area contributed by atoms with E-state index in [2.05, 4.69) is 17.1 Å². The number of carbonyl (C=O) groups is 1. The molecule has 0 bridgehead atoms. The molecule has 2 aliphatic heterocycles. The summed E-state index contributed by atoms with van der Waals surface area (Å²) in [5.41, 5.74) is 0. The van der Waals surface area contributed by atoms with Gasteiger partial charge in [-0.15, -0.1) is 24.8 Å². The van der Waals surface area contributed by atoms with Crippen LogP contribution >= 0.6 is 24.8 Å². The van der Waals surface area contributed by atoms with Crippen molar-refractivity contribution in [3.63, 3.8) is 0 Å². The number of nitrogens with zero attached hydrogens (tertiary/aromatic N) is 2. The van der Waals surface area contributed by atoms with Gasteiger partial charge in [0, 0.05) is 38.6 Å². The third-order valence-corrected chi connectivity index (χ3v) is 4.04. The van der Waals surface area contributed by atoms with Crippen LogP contribution in [0.2, 0.25) is 0 Å². The summed E-state index contributed by atoms with van der Waals surface area (Å²) in [5.74, 6) is 0.356. The molecule has 0 aromatic heterocycles. The zero-order valence-corrected chi connectivity index (χ0v) is 13.4. The quantitative estimate of drug-likeness (QED) is 0.855. The molecule has 1 amide bonds. The van der Waals surface area contributed by atoms with Crippen molar-refractivity contribution >= 4 is 30.7 Å². The number of amides is 1. The molecule has 6 heteroatoms. The van der Waals surface area contributed by atoms with Crippen LogP contribution < -0.4 is 5.32 Å². The molecule has 4 nitrogen and oxygen atoms in total. The Labute approximate surface area is 129 Å². The van der Waals surface area contributed by atoms with Crippen molar-refractivity contribution in [1.82, 2.24) is 15.1 Å². The molecule has 114 valence electrons. The maximum atomic E-state index is 12.0. The summed E-state index contributed by atoms with van der Waals surface area (Å²) in [5, 5.41) is 3.45. The number of carbonyl (C=O) groups excluding carboxylic acids is 1. The van der Waals surface area contributed by atoms with Gasteiger partial charge in [-0.1, -0.05) is 6.92 Å². The summed E-state index contributed by atoms with van der Waals surface area (Å²) in [6.07, 6.45) is 4.27. The highest BCUT2D eigenvalue weighted by molar-refractivity contribution is 5.85. The number of nitrogens with one attached hydrogen (secondary N) is 1. The molecule has 2 rings (SSSR count). The van der Waals surface area contributed by atoms with Crippen molar-refractivity contribution in [1.29, 1.82) is 0 Å². The fraction of sp³-hybridized carbons (Fsp3) is 0.923. The SMILES string of the molecule is CCN1CCN(C(=O)CCC2CCCN2)CC1.Cl.Cl. The summed E-state index contributed by atoms with van der Waals surface area (Å²) in [6.45, 7) is 8.36. The van der Waals surface area contributed by atoms with Crippen LogP contribution in [0.25, 0.3) is 0 Å². The third-order valence-electron chi connectivity index (χ3n) is 4.04. The minimum Gasteiger partial charge on any atom is -0.340 e. The van der Waals surface area contributed by atoms with Crippen LogP contribution in [0, 0.1) is 0 Å². The Balaban J connectivity index is 0.00000162. The Hall–Kier alpha value is -0.0300. The molecule has 19 heavy (non-hydrogen) atoms. The highest BCUT2D eigenvalue weighted by atomic mass is 35.5. The van der Waals surface area contributed by atoms with Gasteiger partial charge in [-0.2, -0.15) is 0 Å². The van der Waals surface area contributed by atoms with E-state index >= 15 is 0 Å². The van der Waals surface area contributed by atoms with E-state index in [4.69, 9.17) is 0 Å². The van der Waals surface area contributed by atoms with Gasteiger partial charge >= 0.3 is 0 Å². The van der Waals surface area contributed by atoms with E-state index in [9.17, 15) is 4.79 Å². The Morgan fingerprint density at radius 2 is 1.89 bits per heavy atom. The van der Waals surface area contributed by atoms with E-state index in [1.165, 1.54) is 12.8 Å². The second-order valence-electron chi connectivity index (χ2n) is 5.15. The fourth-order valence-corrected chi connectivity index (χ4v) is 2.77. The molecule has 0 aromatic carbocycles. The van der Waals surface area contributed by atoms with Gasteiger partial charge in [0.2, 0.25) is 5.91 Å². The third kappa shape index (κ3) is 5.86. The molecular weight excluding hydrogens is 285 g/mol. The van der Waals surface area contributed by atoms with Crippen molar-refractivity contribution in [2.24, 2.45) is 0 Å². The van der Waals surface area contributed by atoms with Gasteiger partial charge in [0.25, 0.3) is 0 Å². The van der Waals surface area contributed by atoms with Gasteiger partial charge in [0.1, 0.15) is 0 Å². The Morgan fingerprint density at radius 3 is 2.42 bits per heavy atom. The normalized spacial score (nSPS) is 23.6. The molecule has 2 heterocycles. The number of piperazine rings is 1. The van der Waals surface area contributed by atoms with Crippen LogP contribution in [0.4, 0.5) is 0 Å². The average molecular weight is 312 g/mol. The molecule has 0 saturated carbocycles. The van der Waals surface area contributed by atoms with Crippen molar-refractivity contribution in [3.05, 3.63) is 0 Å². The van der Waals surface area contributed by atoms with E-state index in [1.54, 1.807) is 0 Å². The molecule has 1 N–H and O–H groups in total. The van der Waals surface area contributed by atoms with E-state index < -0.39 is 0 Å². The molecule has 1 atom stereocenters. The zero-order chi connectivity index (χ0) is 12.1. The smallest absolute Gasteiger partial charge is 0.222 e.